The van der Waals surface area contributed by atoms with E-state index >= 15 is 0 Å². The summed E-state index contributed by atoms with van der Waals surface area (Å²) in [5.41, 5.74) is 0.399. The molecule has 0 aliphatic carbocycles. The van der Waals surface area contributed by atoms with Crippen molar-refractivity contribution in [1.82, 2.24) is 10.2 Å². The number of alkyl halides is 3. The number of benzene rings is 1. The highest BCUT2D eigenvalue weighted by molar-refractivity contribution is 6.30. The standard InChI is InChI=1S/C13H15ClF4N2/c14-10-7-9(1-2-11(10)15)12(8-13(16,17)18)20-5-3-19-4-6-20/h1-2,7,12,19H,3-6,8H2/t12-/m1/s1. The van der Waals surface area contributed by atoms with Gasteiger partial charge in [0.1, 0.15) is 5.82 Å². The zero-order chi connectivity index (χ0) is 14.8. The molecule has 1 heterocycles. The third-order valence-electron chi connectivity index (χ3n) is 3.35. The van der Waals surface area contributed by atoms with Crippen molar-refractivity contribution in [3.63, 3.8) is 0 Å². The second-order valence-electron chi connectivity index (χ2n) is 4.79. The van der Waals surface area contributed by atoms with Gasteiger partial charge >= 0.3 is 6.18 Å². The fourth-order valence-corrected chi connectivity index (χ4v) is 2.58. The first-order chi connectivity index (χ1) is 9.37. The summed E-state index contributed by atoms with van der Waals surface area (Å²) in [5.74, 6) is -0.624. The zero-order valence-corrected chi connectivity index (χ0v) is 11.4. The highest BCUT2D eigenvalue weighted by Crippen LogP contribution is 2.35. The van der Waals surface area contributed by atoms with Crippen LogP contribution in [0.25, 0.3) is 0 Å². The van der Waals surface area contributed by atoms with Crippen molar-refractivity contribution in [1.29, 1.82) is 0 Å². The molecule has 112 valence electrons. The van der Waals surface area contributed by atoms with Crippen LogP contribution in [-0.2, 0) is 0 Å². The highest BCUT2D eigenvalue weighted by atomic mass is 35.5. The van der Waals surface area contributed by atoms with E-state index in [2.05, 4.69) is 5.32 Å². The fourth-order valence-electron chi connectivity index (χ4n) is 2.39. The molecule has 1 aromatic carbocycles. The van der Waals surface area contributed by atoms with E-state index in [1.54, 1.807) is 4.90 Å². The largest absolute Gasteiger partial charge is 0.390 e. The van der Waals surface area contributed by atoms with Crippen molar-refractivity contribution in [2.75, 3.05) is 26.2 Å². The van der Waals surface area contributed by atoms with E-state index in [4.69, 9.17) is 11.6 Å². The minimum Gasteiger partial charge on any atom is -0.314 e. The van der Waals surface area contributed by atoms with Crippen LogP contribution in [0.15, 0.2) is 18.2 Å². The summed E-state index contributed by atoms with van der Waals surface area (Å²) in [6, 6.07) is 2.95. The fraction of sp³-hybridized carbons (Fsp3) is 0.538. The average molecular weight is 311 g/mol. The van der Waals surface area contributed by atoms with Gasteiger partial charge in [-0.3, -0.25) is 4.90 Å². The van der Waals surface area contributed by atoms with Crippen molar-refractivity contribution in [3.05, 3.63) is 34.6 Å². The van der Waals surface area contributed by atoms with Gasteiger partial charge in [-0.15, -0.1) is 0 Å². The van der Waals surface area contributed by atoms with Crippen molar-refractivity contribution in [2.24, 2.45) is 0 Å². The number of hydrogen-bond donors (Lipinski definition) is 1. The first-order valence-corrected chi connectivity index (χ1v) is 6.71. The molecule has 0 bridgehead atoms. The molecule has 0 saturated carbocycles. The summed E-state index contributed by atoms with van der Waals surface area (Å²) in [7, 11) is 0. The molecule has 1 aliphatic rings. The molecule has 1 N–H and O–H groups in total. The number of nitrogens with zero attached hydrogens (tertiary/aromatic N) is 1. The van der Waals surface area contributed by atoms with Crippen LogP contribution < -0.4 is 5.32 Å². The Bertz CT molecular complexity index is 458. The van der Waals surface area contributed by atoms with E-state index in [0.717, 1.165) is 6.07 Å². The summed E-state index contributed by atoms with van der Waals surface area (Å²) in [4.78, 5) is 1.76. The molecule has 1 fully saturated rings. The van der Waals surface area contributed by atoms with Crippen LogP contribution in [0.4, 0.5) is 17.6 Å². The van der Waals surface area contributed by atoms with E-state index in [-0.39, 0.29) is 5.02 Å². The lowest BCUT2D eigenvalue weighted by molar-refractivity contribution is -0.148. The summed E-state index contributed by atoms with van der Waals surface area (Å²) < 4.78 is 51.5. The molecule has 1 atom stereocenters. The van der Waals surface area contributed by atoms with Crippen LogP contribution in [0.3, 0.4) is 0 Å². The SMILES string of the molecule is Fc1ccc([C@@H](CC(F)(F)F)N2CCNCC2)cc1Cl. The summed E-state index contributed by atoms with van der Waals surface area (Å²) in [5, 5.41) is 2.95. The number of nitrogens with one attached hydrogen (secondary N) is 1. The predicted octanol–water partition coefficient (Wildman–Crippen LogP) is 3.38. The van der Waals surface area contributed by atoms with Crippen LogP contribution >= 0.6 is 11.6 Å². The Labute approximate surface area is 119 Å². The predicted molar refractivity (Wildman–Crippen MR) is 69.3 cm³/mol. The van der Waals surface area contributed by atoms with Gasteiger partial charge in [-0.05, 0) is 17.7 Å². The van der Waals surface area contributed by atoms with Gasteiger partial charge in [-0.1, -0.05) is 17.7 Å². The van der Waals surface area contributed by atoms with E-state index < -0.39 is 24.5 Å². The van der Waals surface area contributed by atoms with Crippen molar-refractivity contribution < 1.29 is 17.6 Å². The van der Waals surface area contributed by atoms with Gasteiger partial charge in [-0.2, -0.15) is 13.2 Å². The maximum Gasteiger partial charge on any atom is 0.390 e. The van der Waals surface area contributed by atoms with Gasteiger partial charge in [0.25, 0.3) is 0 Å². The highest BCUT2D eigenvalue weighted by Gasteiger charge is 2.36. The Morgan fingerprint density at radius 2 is 1.90 bits per heavy atom. The first kappa shape index (κ1) is 15.5. The maximum atomic E-state index is 13.2. The van der Waals surface area contributed by atoms with Crippen molar-refractivity contribution in [2.45, 2.75) is 18.6 Å². The van der Waals surface area contributed by atoms with Gasteiger partial charge < -0.3 is 5.32 Å². The Balaban J connectivity index is 2.26. The number of piperazine rings is 1. The summed E-state index contributed by atoms with van der Waals surface area (Å²) in [6.07, 6.45) is -5.24. The molecular weight excluding hydrogens is 296 g/mol. The van der Waals surface area contributed by atoms with Crippen molar-refractivity contribution >= 4 is 11.6 Å². The van der Waals surface area contributed by atoms with Crippen LogP contribution in [0, 0.1) is 5.82 Å². The molecular formula is C13H15ClF4N2. The summed E-state index contributed by atoms with van der Waals surface area (Å²) >= 11 is 5.68. The second kappa shape index (κ2) is 6.28. The number of hydrogen-bond acceptors (Lipinski definition) is 2. The lowest BCUT2D eigenvalue weighted by atomic mass is 10.0. The number of halogens is 5. The quantitative estimate of drug-likeness (QED) is 0.861. The molecule has 1 saturated heterocycles. The molecule has 0 amide bonds. The maximum absolute atomic E-state index is 13.2. The third-order valence-corrected chi connectivity index (χ3v) is 3.64. The first-order valence-electron chi connectivity index (χ1n) is 6.33. The molecule has 20 heavy (non-hydrogen) atoms. The Morgan fingerprint density at radius 1 is 1.25 bits per heavy atom. The molecule has 1 aromatic rings. The van der Waals surface area contributed by atoms with Crippen molar-refractivity contribution in [3.8, 4) is 0 Å². The van der Waals surface area contributed by atoms with E-state index in [1.807, 2.05) is 0 Å². The van der Waals surface area contributed by atoms with Crippen LogP contribution in [0.2, 0.25) is 5.02 Å². The minimum atomic E-state index is -4.28. The second-order valence-corrected chi connectivity index (χ2v) is 5.20. The van der Waals surface area contributed by atoms with Gasteiger partial charge in [0.05, 0.1) is 11.4 Å². The molecule has 7 heteroatoms. The minimum absolute atomic E-state index is 0.148. The van der Waals surface area contributed by atoms with Gasteiger partial charge in [0, 0.05) is 32.2 Å². The monoisotopic (exact) mass is 310 g/mol. The summed E-state index contributed by atoms with van der Waals surface area (Å²) in [6.45, 7) is 2.33. The Hall–Kier alpha value is -0.850. The smallest absolute Gasteiger partial charge is 0.314 e. The Morgan fingerprint density at radius 3 is 2.45 bits per heavy atom. The third kappa shape index (κ3) is 4.07. The normalized spacial score (nSPS) is 19.1. The van der Waals surface area contributed by atoms with Crippen LogP contribution in [0.5, 0.6) is 0 Å². The molecule has 2 rings (SSSR count). The lowest BCUT2D eigenvalue weighted by Crippen LogP contribution is -2.46. The molecule has 0 radical (unpaired) electrons. The van der Waals surface area contributed by atoms with Crippen LogP contribution in [0.1, 0.15) is 18.0 Å². The van der Waals surface area contributed by atoms with Gasteiger partial charge in [0.15, 0.2) is 0 Å². The molecule has 2 nitrogen and oxygen atoms in total. The van der Waals surface area contributed by atoms with E-state index in [0.29, 0.717) is 31.7 Å². The van der Waals surface area contributed by atoms with Gasteiger partial charge in [0.2, 0.25) is 0 Å². The zero-order valence-electron chi connectivity index (χ0n) is 10.7. The average Bonchev–Trinajstić information content (AvgIpc) is 2.39. The number of rotatable bonds is 3. The van der Waals surface area contributed by atoms with Crippen LogP contribution in [-0.4, -0.2) is 37.3 Å². The Kier molecular flexibility index (Phi) is 4.88. The van der Waals surface area contributed by atoms with Gasteiger partial charge in [-0.25, -0.2) is 4.39 Å². The van der Waals surface area contributed by atoms with E-state index in [9.17, 15) is 17.6 Å². The van der Waals surface area contributed by atoms with E-state index in [1.165, 1.54) is 12.1 Å². The molecule has 0 spiro atoms. The lowest BCUT2D eigenvalue weighted by Gasteiger charge is -2.35. The molecule has 0 unspecified atom stereocenters. The molecule has 0 aromatic heterocycles. The molecule has 1 aliphatic heterocycles. The topological polar surface area (TPSA) is 15.3 Å².